The van der Waals surface area contributed by atoms with Gasteiger partial charge in [0.05, 0.1) is 0 Å². The lowest BCUT2D eigenvalue weighted by molar-refractivity contribution is -0.144. The summed E-state index contributed by atoms with van der Waals surface area (Å²) in [5, 5.41) is 8.76. The minimum Gasteiger partial charge on any atom is -0.479 e. The number of allylic oxidation sites excluding steroid dienone is 1. The van der Waals surface area contributed by atoms with Crippen LogP contribution in [-0.4, -0.2) is 23.0 Å². The number of Topliss-reactive ketones (excluding diaryl/α,β-unsaturated/α-hetero) is 1. The van der Waals surface area contributed by atoms with Gasteiger partial charge in [0, 0.05) is 5.56 Å². The molecule has 18 heavy (non-hydrogen) atoms. The van der Waals surface area contributed by atoms with E-state index in [9.17, 15) is 9.59 Å². The number of hydrogen-bond donors (Lipinski definition) is 1. The van der Waals surface area contributed by atoms with E-state index in [0.717, 1.165) is 5.56 Å². The predicted octanol–water partition coefficient (Wildman–Crippen LogP) is 2.61. The number of rotatable bonds is 5. The Morgan fingerprint density at radius 2 is 2.00 bits per heavy atom. The average molecular weight is 248 g/mol. The van der Waals surface area contributed by atoms with Crippen LogP contribution in [0.5, 0.6) is 5.75 Å². The van der Waals surface area contributed by atoms with Crippen LogP contribution in [0.25, 0.3) is 0 Å². The van der Waals surface area contributed by atoms with Crippen LogP contribution in [0.4, 0.5) is 0 Å². The lowest BCUT2D eigenvalue weighted by Crippen LogP contribution is -2.23. The molecule has 0 saturated carbocycles. The largest absolute Gasteiger partial charge is 0.479 e. The van der Waals surface area contributed by atoms with Gasteiger partial charge in [0.25, 0.3) is 0 Å². The van der Waals surface area contributed by atoms with Crippen LogP contribution in [0.3, 0.4) is 0 Å². The summed E-state index contributed by atoms with van der Waals surface area (Å²) in [7, 11) is 0. The summed E-state index contributed by atoms with van der Waals surface area (Å²) in [4.78, 5) is 22.4. The summed E-state index contributed by atoms with van der Waals surface area (Å²) in [6, 6.07) is 4.87. The van der Waals surface area contributed by atoms with Gasteiger partial charge in [-0.2, -0.15) is 0 Å². The van der Waals surface area contributed by atoms with Gasteiger partial charge in [-0.15, -0.1) is 0 Å². The third-order valence-corrected chi connectivity index (χ3v) is 2.48. The van der Waals surface area contributed by atoms with E-state index in [1.165, 1.54) is 6.92 Å². The fraction of sp³-hybridized carbons (Fsp3) is 0.286. The third-order valence-electron chi connectivity index (χ3n) is 2.48. The highest BCUT2D eigenvalue weighted by atomic mass is 16.5. The van der Waals surface area contributed by atoms with Gasteiger partial charge in [-0.3, -0.25) is 4.79 Å². The average Bonchev–Trinajstić information content (AvgIpc) is 2.30. The lowest BCUT2D eigenvalue weighted by atomic mass is 10.0. The van der Waals surface area contributed by atoms with Crippen molar-refractivity contribution in [1.82, 2.24) is 0 Å². The van der Waals surface area contributed by atoms with Gasteiger partial charge in [0.1, 0.15) is 5.75 Å². The number of carboxylic acids is 1. The molecule has 0 radical (unpaired) electrons. The maximum absolute atomic E-state index is 11.7. The smallest absolute Gasteiger partial charge is 0.344 e. The van der Waals surface area contributed by atoms with Crippen LogP contribution in [-0.2, 0) is 4.79 Å². The van der Waals surface area contributed by atoms with Crippen LogP contribution in [0, 0.1) is 6.92 Å². The molecule has 1 atom stereocenters. The standard InChI is InChI=1S/C14H16O4/c1-8(2)13(15)11-5-6-12(9(3)7-11)18-10(4)14(16)17/h5-7,10H,1H2,2-4H3,(H,16,17). The second-order valence-electron chi connectivity index (χ2n) is 4.19. The van der Waals surface area contributed by atoms with E-state index in [4.69, 9.17) is 9.84 Å². The first kappa shape index (κ1) is 14.0. The van der Waals surface area contributed by atoms with E-state index < -0.39 is 12.1 Å². The highest BCUT2D eigenvalue weighted by Crippen LogP contribution is 2.21. The van der Waals surface area contributed by atoms with Gasteiger partial charge in [0.2, 0.25) is 0 Å². The number of benzene rings is 1. The molecule has 0 aliphatic heterocycles. The number of carbonyl (C=O) groups is 2. The van der Waals surface area contributed by atoms with Gasteiger partial charge >= 0.3 is 5.97 Å². The molecule has 96 valence electrons. The number of ketones is 1. The second kappa shape index (κ2) is 5.49. The van der Waals surface area contributed by atoms with Crippen molar-refractivity contribution >= 4 is 11.8 Å². The molecule has 0 aliphatic rings. The van der Waals surface area contributed by atoms with Crippen LogP contribution in [0.2, 0.25) is 0 Å². The third kappa shape index (κ3) is 3.20. The van der Waals surface area contributed by atoms with Crippen molar-refractivity contribution in [3.05, 3.63) is 41.5 Å². The Labute approximate surface area is 106 Å². The molecule has 4 nitrogen and oxygen atoms in total. The predicted molar refractivity (Wildman–Crippen MR) is 68.0 cm³/mol. The number of ether oxygens (including phenoxy) is 1. The van der Waals surface area contributed by atoms with E-state index in [1.54, 1.807) is 32.0 Å². The number of aryl methyl sites for hydroxylation is 1. The molecule has 0 aliphatic carbocycles. The zero-order valence-electron chi connectivity index (χ0n) is 10.7. The van der Waals surface area contributed by atoms with Crippen LogP contribution >= 0.6 is 0 Å². The highest BCUT2D eigenvalue weighted by Gasteiger charge is 2.15. The number of aliphatic carboxylic acids is 1. The van der Waals surface area contributed by atoms with Crippen molar-refractivity contribution in [2.24, 2.45) is 0 Å². The lowest BCUT2D eigenvalue weighted by Gasteiger charge is -2.13. The topological polar surface area (TPSA) is 63.6 Å². The number of carboxylic acid groups (broad SMARTS) is 1. The molecule has 1 unspecified atom stereocenters. The maximum Gasteiger partial charge on any atom is 0.344 e. The summed E-state index contributed by atoms with van der Waals surface area (Å²) < 4.78 is 5.27. The Bertz CT molecular complexity index is 503. The van der Waals surface area contributed by atoms with E-state index in [0.29, 0.717) is 16.9 Å². The van der Waals surface area contributed by atoms with Gasteiger partial charge in [0.15, 0.2) is 11.9 Å². The van der Waals surface area contributed by atoms with Crippen molar-refractivity contribution in [1.29, 1.82) is 0 Å². The first-order valence-electron chi connectivity index (χ1n) is 5.53. The summed E-state index contributed by atoms with van der Waals surface area (Å²) in [5.74, 6) is -0.699. The zero-order valence-corrected chi connectivity index (χ0v) is 10.7. The molecule has 1 N–H and O–H groups in total. The molecular formula is C14H16O4. The second-order valence-corrected chi connectivity index (χ2v) is 4.19. The van der Waals surface area contributed by atoms with Crippen molar-refractivity contribution in [3.63, 3.8) is 0 Å². The zero-order chi connectivity index (χ0) is 13.9. The molecule has 1 rings (SSSR count). The Morgan fingerprint density at radius 1 is 1.39 bits per heavy atom. The Morgan fingerprint density at radius 3 is 2.44 bits per heavy atom. The minimum absolute atomic E-state index is 0.129. The quantitative estimate of drug-likeness (QED) is 0.642. The minimum atomic E-state index is -1.03. The Kier molecular flexibility index (Phi) is 4.26. The number of hydrogen-bond acceptors (Lipinski definition) is 3. The molecule has 0 spiro atoms. The van der Waals surface area contributed by atoms with E-state index in [2.05, 4.69) is 6.58 Å². The van der Waals surface area contributed by atoms with Gasteiger partial charge < -0.3 is 9.84 Å². The first-order valence-corrected chi connectivity index (χ1v) is 5.53. The summed E-state index contributed by atoms with van der Waals surface area (Å²) >= 11 is 0. The molecule has 0 saturated heterocycles. The molecule has 0 fully saturated rings. The molecule has 0 amide bonds. The molecular weight excluding hydrogens is 232 g/mol. The molecule has 0 heterocycles. The summed E-state index contributed by atoms with van der Waals surface area (Å²) in [6.45, 7) is 8.46. The molecule has 0 bridgehead atoms. The van der Waals surface area contributed by atoms with E-state index >= 15 is 0 Å². The SMILES string of the molecule is C=C(C)C(=O)c1ccc(OC(C)C(=O)O)c(C)c1. The van der Waals surface area contributed by atoms with Crippen molar-refractivity contribution in [2.45, 2.75) is 26.9 Å². The van der Waals surface area contributed by atoms with Crippen molar-refractivity contribution in [2.75, 3.05) is 0 Å². The highest BCUT2D eigenvalue weighted by molar-refractivity contribution is 6.08. The molecule has 1 aromatic carbocycles. The normalized spacial score (nSPS) is 11.7. The fourth-order valence-corrected chi connectivity index (χ4v) is 1.41. The number of carbonyl (C=O) groups excluding carboxylic acids is 1. The fourth-order valence-electron chi connectivity index (χ4n) is 1.41. The maximum atomic E-state index is 11.7. The molecule has 0 aromatic heterocycles. The van der Waals surface area contributed by atoms with Crippen molar-refractivity contribution < 1.29 is 19.4 Å². The Hall–Kier alpha value is -2.10. The summed E-state index contributed by atoms with van der Waals surface area (Å²) in [6.07, 6.45) is -0.925. The first-order chi connectivity index (χ1) is 8.32. The van der Waals surface area contributed by atoms with Gasteiger partial charge in [-0.25, -0.2) is 4.79 Å². The molecule has 1 aromatic rings. The van der Waals surface area contributed by atoms with Gasteiger partial charge in [-0.05, 0) is 50.1 Å². The Balaban J connectivity index is 2.96. The van der Waals surface area contributed by atoms with Crippen LogP contribution in [0.1, 0.15) is 29.8 Å². The van der Waals surface area contributed by atoms with E-state index in [1.807, 2.05) is 0 Å². The monoisotopic (exact) mass is 248 g/mol. The van der Waals surface area contributed by atoms with Crippen molar-refractivity contribution in [3.8, 4) is 5.75 Å². The van der Waals surface area contributed by atoms with Gasteiger partial charge in [-0.1, -0.05) is 6.58 Å². The van der Waals surface area contributed by atoms with E-state index in [-0.39, 0.29) is 5.78 Å². The van der Waals surface area contributed by atoms with Crippen LogP contribution in [0.15, 0.2) is 30.4 Å². The molecule has 4 heteroatoms. The van der Waals surface area contributed by atoms with Crippen LogP contribution < -0.4 is 4.74 Å². The summed E-state index contributed by atoms with van der Waals surface area (Å²) in [5.41, 5.74) is 1.70.